The molecule has 0 aliphatic rings. The van der Waals surface area contributed by atoms with Gasteiger partial charge in [-0.1, -0.05) is 17.3 Å². The average molecular weight is 386 g/mol. The van der Waals surface area contributed by atoms with Gasteiger partial charge in [-0.3, -0.25) is 4.79 Å². The first-order valence-corrected chi connectivity index (χ1v) is 7.40. The van der Waals surface area contributed by atoms with Crippen molar-refractivity contribution in [3.63, 3.8) is 0 Å². The molecule has 0 unspecified atom stereocenters. The number of nitrogens with zero attached hydrogens (tertiary/aromatic N) is 1. The number of hydrogen-bond acceptors (Lipinski definition) is 4. The van der Waals surface area contributed by atoms with Crippen molar-refractivity contribution in [3.8, 4) is 0 Å². The Morgan fingerprint density at radius 2 is 2.16 bits per heavy atom. The van der Waals surface area contributed by atoms with Gasteiger partial charge < -0.3 is 10.5 Å². The van der Waals surface area contributed by atoms with Gasteiger partial charge in [-0.2, -0.15) is 0 Å². The first-order valence-electron chi connectivity index (χ1n) is 5.44. The lowest BCUT2D eigenvalue weighted by Crippen LogP contribution is -2.11. The number of nitrogens with one attached hydrogen (secondary N) is 1. The molecule has 2 N–H and O–H groups in total. The van der Waals surface area contributed by atoms with Crippen LogP contribution in [0.2, 0.25) is 0 Å². The Hall–Kier alpha value is -1.41. The van der Waals surface area contributed by atoms with Gasteiger partial charge in [0.1, 0.15) is 0 Å². The summed E-state index contributed by atoms with van der Waals surface area (Å²) in [4.78, 5) is 12.0. The van der Waals surface area contributed by atoms with Gasteiger partial charge in [0.15, 0.2) is 0 Å². The number of hydrogen-bond donors (Lipinski definition) is 2. The molecule has 1 aromatic heterocycles. The number of rotatable bonds is 3. The zero-order chi connectivity index (χ0) is 13.8. The van der Waals surface area contributed by atoms with Crippen molar-refractivity contribution in [1.29, 1.82) is 0 Å². The van der Waals surface area contributed by atoms with Crippen LogP contribution in [0.1, 0.15) is 22.8 Å². The van der Waals surface area contributed by atoms with Gasteiger partial charge in [0.25, 0.3) is 5.91 Å². The number of benzene rings is 1. The molecule has 0 bridgehead atoms. The van der Waals surface area contributed by atoms with E-state index in [1.807, 2.05) is 17.5 Å². The van der Waals surface area contributed by atoms with Crippen molar-refractivity contribution in [2.75, 3.05) is 5.32 Å². The summed E-state index contributed by atoms with van der Waals surface area (Å²) in [7, 11) is 0. The van der Waals surface area contributed by atoms with E-state index in [1.54, 1.807) is 25.1 Å². The molecule has 1 aromatic carbocycles. The molecular formula is C13H11IN2O2S. The van der Waals surface area contributed by atoms with Crippen LogP contribution in [0.25, 0.3) is 0 Å². The first kappa shape index (κ1) is 14.0. The molecule has 2 rings (SSSR count). The minimum atomic E-state index is -0.144. The van der Waals surface area contributed by atoms with Gasteiger partial charge in [0, 0.05) is 16.6 Å². The number of carbonyl (C=O) groups excluding carboxylic acids is 1. The molecule has 0 spiro atoms. The number of carbonyl (C=O) groups is 1. The lowest BCUT2D eigenvalue weighted by atomic mass is 10.1. The summed E-state index contributed by atoms with van der Waals surface area (Å²) < 4.78 is 1.07. The van der Waals surface area contributed by atoms with Crippen molar-refractivity contribution >= 4 is 51.2 Å². The first-order chi connectivity index (χ1) is 9.10. The van der Waals surface area contributed by atoms with E-state index in [9.17, 15) is 4.79 Å². The minimum Gasteiger partial charge on any atom is -0.411 e. The molecule has 0 aliphatic heterocycles. The highest BCUT2D eigenvalue weighted by Gasteiger charge is 2.08. The average Bonchev–Trinajstić information content (AvgIpc) is 2.85. The van der Waals surface area contributed by atoms with Crippen molar-refractivity contribution in [2.24, 2.45) is 5.16 Å². The molecule has 0 aliphatic carbocycles. The Morgan fingerprint density at radius 3 is 2.79 bits per heavy atom. The van der Waals surface area contributed by atoms with E-state index >= 15 is 0 Å². The maximum atomic E-state index is 12.0. The van der Waals surface area contributed by atoms with E-state index < -0.39 is 0 Å². The molecule has 4 nitrogen and oxygen atoms in total. The highest BCUT2D eigenvalue weighted by molar-refractivity contribution is 14.1. The minimum absolute atomic E-state index is 0.144. The molecule has 19 heavy (non-hydrogen) atoms. The molecule has 0 saturated carbocycles. The van der Waals surface area contributed by atoms with E-state index in [1.165, 1.54) is 11.3 Å². The molecule has 0 fully saturated rings. The monoisotopic (exact) mass is 386 g/mol. The second-order valence-corrected chi connectivity index (χ2v) is 6.67. The van der Waals surface area contributed by atoms with E-state index in [4.69, 9.17) is 5.21 Å². The van der Waals surface area contributed by atoms with E-state index in [-0.39, 0.29) is 5.91 Å². The quantitative estimate of drug-likeness (QED) is 0.365. The van der Waals surface area contributed by atoms with Crippen molar-refractivity contribution in [3.05, 3.63) is 49.7 Å². The third-order valence-corrected chi connectivity index (χ3v) is 4.31. The SMILES string of the molecule is CC(=NO)c1cccc(NC(=O)c2csc(I)c2)c1. The molecular weight excluding hydrogens is 375 g/mol. The van der Waals surface area contributed by atoms with Crippen LogP contribution in [-0.4, -0.2) is 16.8 Å². The highest BCUT2D eigenvalue weighted by Crippen LogP contribution is 2.18. The lowest BCUT2D eigenvalue weighted by molar-refractivity contribution is 0.102. The Morgan fingerprint density at radius 1 is 1.37 bits per heavy atom. The molecule has 0 atom stereocenters. The Kier molecular flexibility index (Phi) is 4.54. The zero-order valence-electron chi connectivity index (χ0n) is 10.1. The Bertz CT molecular complexity index is 637. The molecule has 6 heteroatoms. The standard InChI is InChI=1S/C13H11IN2O2S/c1-8(16-18)9-3-2-4-11(5-9)15-13(17)10-6-12(14)19-7-10/h2-7,18H,1H3,(H,15,17). The topological polar surface area (TPSA) is 61.7 Å². The largest absolute Gasteiger partial charge is 0.411 e. The number of halogens is 1. The normalized spacial score (nSPS) is 11.4. The summed E-state index contributed by atoms with van der Waals surface area (Å²) in [6.07, 6.45) is 0. The third-order valence-electron chi connectivity index (χ3n) is 2.52. The van der Waals surface area contributed by atoms with Gasteiger partial charge in [-0.15, -0.1) is 11.3 Å². The second-order valence-electron chi connectivity index (χ2n) is 3.86. The van der Waals surface area contributed by atoms with Gasteiger partial charge in [0.2, 0.25) is 0 Å². The fraction of sp³-hybridized carbons (Fsp3) is 0.0769. The Balaban J connectivity index is 2.17. The Labute approximate surface area is 128 Å². The molecule has 98 valence electrons. The van der Waals surface area contributed by atoms with Gasteiger partial charge in [-0.05, 0) is 47.7 Å². The van der Waals surface area contributed by atoms with Crippen LogP contribution in [0, 0.1) is 2.88 Å². The fourth-order valence-corrected chi connectivity index (χ4v) is 2.84. The predicted molar refractivity (Wildman–Crippen MR) is 85.4 cm³/mol. The van der Waals surface area contributed by atoms with Crippen LogP contribution in [-0.2, 0) is 0 Å². The van der Waals surface area contributed by atoms with Crippen LogP contribution in [0.5, 0.6) is 0 Å². The summed E-state index contributed by atoms with van der Waals surface area (Å²) in [6, 6.07) is 9.02. The smallest absolute Gasteiger partial charge is 0.256 e. The second kappa shape index (κ2) is 6.16. The zero-order valence-corrected chi connectivity index (χ0v) is 13.0. The van der Waals surface area contributed by atoms with E-state index in [2.05, 4.69) is 33.1 Å². The van der Waals surface area contributed by atoms with Crippen LogP contribution in [0.4, 0.5) is 5.69 Å². The number of oxime groups is 1. The summed E-state index contributed by atoms with van der Waals surface area (Å²) in [5.41, 5.74) is 2.58. The highest BCUT2D eigenvalue weighted by atomic mass is 127. The number of anilines is 1. The summed E-state index contributed by atoms with van der Waals surface area (Å²) in [5.74, 6) is -0.144. The van der Waals surface area contributed by atoms with Gasteiger partial charge >= 0.3 is 0 Å². The van der Waals surface area contributed by atoms with Crippen LogP contribution < -0.4 is 5.32 Å². The summed E-state index contributed by atoms with van der Waals surface area (Å²) in [6.45, 7) is 1.70. The maximum absolute atomic E-state index is 12.0. The number of amides is 1. The van der Waals surface area contributed by atoms with Crippen molar-refractivity contribution in [2.45, 2.75) is 6.92 Å². The molecule has 0 saturated heterocycles. The summed E-state index contributed by atoms with van der Waals surface area (Å²) in [5, 5.41) is 16.5. The van der Waals surface area contributed by atoms with E-state index in [0.717, 1.165) is 8.45 Å². The van der Waals surface area contributed by atoms with Crippen LogP contribution >= 0.6 is 33.9 Å². The molecule has 0 radical (unpaired) electrons. The van der Waals surface area contributed by atoms with Gasteiger partial charge in [0.05, 0.1) is 14.2 Å². The van der Waals surface area contributed by atoms with Crippen LogP contribution in [0.15, 0.2) is 40.9 Å². The summed E-state index contributed by atoms with van der Waals surface area (Å²) >= 11 is 3.71. The fourth-order valence-electron chi connectivity index (χ4n) is 1.51. The lowest BCUT2D eigenvalue weighted by Gasteiger charge is -2.05. The van der Waals surface area contributed by atoms with Gasteiger partial charge in [-0.25, -0.2) is 0 Å². The third kappa shape index (κ3) is 3.54. The van der Waals surface area contributed by atoms with E-state index in [0.29, 0.717) is 17.0 Å². The van der Waals surface area contributed by atoms with Crippen LogP contribution in [0.3, 0.4) is 0 Å². The van der Waals surface area contributed by atoms with Crippen molar-refractivity contribution in [1.82, 2.24) is 0 Å². The molecule has 1 amide bonds. The number of thiophene rings is 1. The molecule has 2 aromatic rings. The maximum Gasteiger partial charge on any atom is 0.256 e. The molecule has 1 heterocycles. The van der Waals surface area contributed by atoms with Crippen molar-refractivity contribution < 1.29 is 10.0 Å². The predicted octanol–water partition coefficient (Wildman–Crippen LogP) is 3.80.